The molecule has 104 valence electrons. The Morgan fingerprint density at radius 2 is 1.84 bits per heavy atom. The summed E-state index contributed by atoms with van der Waals surface area (Å²) in [4.78, 5) is 24.3. The highest BCUT2D eigenvalue weighted by Crippen LogP contribution is 2.19. The van der Waals surface area contributed by atoms with Gasteiger partial charge in [0.05, 0.1) is 6.42 Å². The Morgan fingerprint density at radius 3 is 2.37 bits per heavy atom. The Labute approximate surface area is 118 Å². The van der Waals surface area contributed by atoms with Gasteiger partial charge in [-0.3, -0.25) is 9.59 Å². The van der Waals surface area contributed by atoms with Crippen molar-refractivity contribution in [1.82, 2.24) is 0 Å². The first kappa shape index (κ1) is 15.5. The van der Waals surface area contributed by atoms with Gasteiger partial charge in [-0.05, 0) is 30.7 Å². The van der Waals surface area contributed by atoms with E-state index in [0.29, 0.717) is 17.1 Å². The number of anilines is 1. The van der Waals surface area contributed by atoms with Gasteiger partial charge in [-0.1, -0.05) is 24.9 Å². The van der Waals surface area contributed by atoms with Gasteiger partial charge in [0.25, 0.3) is 0 Å². The second-order valence-electron chi connectivity index (χ2n) is 4.27. The van der Waals surface area contributed by atoms with E-state index in [1.54, 1.807) is 24.3 Å². The molecule has 1 amide bonds. The summed E-state index contributed by atoms with van der Waals surface area (Å²) < 4.78 is 0. The summed E-state index contributed by atoms with van der Waals surface area (Å²) in [7, 11) is 0. The van der Waals surface area contributed by atoms with E-state index in [2.05, 4.69) is 0 Å². The third-order valence-corrected chi connectivity index (χ3v) is 2.98. The molecule has 1 aromatic rings. The third kappa shape index (κ3) is 5.30. The van der Waals surface area contributed by atoms with Crippen LogP contribution in [0.5, 0.6) is 0 Å². The molecular weight excluding hydrogens is 266 g/mol. The molecule has 0 atom stereocenters. The lowest BCUT2D eigenvalue weighted by atomic mass is 10.2. The minimum atomic E-state index is -0.915. The van der Waals surface area contributed by atoms with Crippen LogP contribution in [0.25, 0.3) is 0 Å². The van der Waals surface area contributed by atoms with E-state index in [1.807, 2.05) is 6.92 Å². The summed E-state index contributed by atoms with van der Waals surface area (Å²) >= 11 is 5.81. The van der Waals surface area contributed by atoms with E-state index in [-0.39, 0.29) is 18.9 Å². The highest BCUT2D eigenvalue weighted by atomic mass is 35.5. The maximum atomic E-state index is 12.1. The fraction of sp³-hybridized carbons (Fsp3) is 0.429. The van der Waals surface area contributed by atoms with E-state index >= 15 is 0 Å². The number of unbranched alkanes of at least 4 members (excludes halogenated alkanes) is 1. The lowest BCUT2D eigenvalue weighted by molar-refractivity contribution is -0.136. The zero-order valence-electron chi connectivity index (χ0n) is 10.9. The Balaban J connectivity index is 2.81. The van der Waals surface area contributed by atoms with Crippen LogP contribution >= 0.6 is 11.6 Å². The van der Waals surface area contributed by atoms with E-state index in [9.17, 15) is 9.59 Å². The van der Waals surface area contributed by atoms with Gasteiger partial charge in [0, 0.05) is 23.7 Å². The monoisotopic (exact) mass is 283 g/mol. The van der Waals surface area contributed by atoms with E-state index in [1.165, 1.54) is 4.90 Å². The van der Waals surface area contributed by atoms with Gasteiger partial charge in [-0.15, -0.1) is 0 Å². The Hall–Kier alpha value is -1.55. The number of halogens is 1. The maximum Gasteiger partial charge on any atom is 0.305 e. The smallest absolute Gasteiger partial charge is 0.305 e. The number of carboxylic acids is 1. The van der Waals surface area contributed by atoms with Crippen molar-refractivity contribution >= 4 is 29.2 Å². The van der Waals surface area contributed by atoms with Gasteiger partial charge >= 0.3 is 5.97 Å². The van der Waals surface area contributed by atoms with Gasteiger partial charge < -0.3 is 10.0 Å². The molecule has 0 radical (unpaired) electrons. The molecule has 0 aliphatic heterocycles. The number of carbonyl (C=O) groups excluding carboxylic acids is 1. The first-order valence-electron chi connectivity index (χ1n) is 6.32. The molecule has 0 aliphatic rings. The number of nitrogens with zero attached hydrogens (tertiary/aromatic N) is 1. The molecule has 4 nitrogen and oxygen atoms in total. The van der Waals surface area contributed by atoms with Crippen molar-refractivity contribution in [2.45, 2.75) is 32.6 Å². The van der Waals surface area contributed by atoms with Crippen molar-refractivity contribution in [1.29, 1.82) is 0 Å². The number of hydrogen-bond acceptors (Lipinski definition) is 2. The van der Waals surface area contributed by atoms with Crippen LogP contribution in [0.4, 0.5) is 5.69 Å². The summed E-state index contributed by atoms with van der Waals surface area (Å²) in [6.07, 6.45) is 2.09. The molecule has 0 saturated heterocycles. The molecule has 0 bridgehead atoms. The number of rotatable bonds is 7. The van der Waals surface area contributed by atoms with Crippen LogP contribution in [0.1, 0.15) is 32.6 Å². The zero-order valence-corrected chi connectivity index (χ0v) is 11.7. The second-order valence-corrected chi connectivity index (χ2v) is 4.71. The summed E-state index contributed by atoms with van der Waals surface area (Å²) in [5.41, 5.74) is 0.687. The maximum absolute atomic E-state index is 12.1. The standard InChI is InChI=1S/C14H18ClNO3/c1-2-3-4-13(17)16(10-9-14(18)19)12-7-5-11(15)6-8-12/h5-8H,2-4,9-10H2,1H3,(H,18,19). The molecule has 0 fully saturated rings. The fourth-order valence-electron chi connectivity index (χ4n) is 1.69. The molecule has 0 heterocycles. The average molecular weight is 284 g/mol. The molecule has 0 spiro atoms. The molecule has 5 heteroatoms. The number of amides is 1. The number of carbonyl (C=O) groups is 2. The zero-order chi connectivity index (χ0) is 14.3. The summed E-state index contributed by atoms with van der Waals surface area (Å²) in [6.45, 7) is 2.19. The van der Waals surface area contributed by atoms with Crippen LogP contribution in [0.3, 0.4) is 0 Å². The minimum absolute atomic E-state index is 0.0505. The molecule has 1 aromatic carbocycles. The topological polar surface area (TPSA) is 57.6 Å². The minimum Gasteiger partial charge on any atom is -0.481 e. The Bertz CT molecular complexity index is 431. The number of aliphatic carboxylic acids is 1. The lowest BCUT2D eigenvalue weighted by Crippen LogP contribution is -2.32. The van der Waals surface area contributed by atoms with Crippen LogP contribution in [0.15, 0.2) is 24.3 Å². The molecule has 0 aliphatic carbocycles. The quantitative estimate of drug-likeness (QED) is 0.835. The second kappa shape index (κ2) is 7.79. The Kier molecular flexibility index (Phi) is 6.36. The number of benzene rings is 1. The highest BCUT2D eigenvalue weighted by molar-refractivity contribution is 6.30. The van der Waals surface area contributed by atoms with Crippen LogP contribution in [-0.2, 0) is 9.59 Å². The van der Waals surface area contributed by atoms with Gasteiger partial charge in [0.2, 0.25) is 5.91 Å². The van der Waals surface area contributed by atoms with Crippen LogP contribution < -0.4 is 4.90 Å². The summed E-state index contributed by atoms with van der Waals surface area (Å²) in [5, 5.41) is 9.34. The average Bonchev–Trinajstić information content (AvgIpc) is 2.38. The Morgan fingerprint density at radius 1 is 1.21 bits per heavy atom. The van der Waals surface area contributed by atoms with Crippen molar-refractivity contribution in [3.8, 4) is 0 Å². The largest absolute Gasteiger partial charge is 0.481 e. The van der Waals surface area contributed by atoms with Gasteiger partial charge in [0.15, 0.2) is 0 Å². The SMILES string of the molecule is CCCCC(=O)N(CCC(=O)O)c1ccc(Cl)cc1. The normalized spacial score (nSPS) is 10.2. The summed E-state index contributed by atoms with van der Waals surface area (Å²) in [6, 6.07) is 6.84. The summed E-state index contributed by atoms with van der Waals surface area (Å²) in [5.74, 6) is -0.965. The van der Waals surface area contributed by atoms with Crippen molar-refractivity contribution in [3.63, 3.8) is 0 Å². The number of hydrogen-bond donors (Lipinski definition) is 1. The predicted molar refractivity (Wildman–Crippen MR) is 75.6 cm³/mol. The molecule has 19 heavy (non-hydrogen) atoms. The molecule has 0 aromatic heterocycles. The molecule has 0 unspecified atom stereocenters. The third-order valence-electron chi connectivity index (χ3n) is 2.73. The lowest BCUT2D eigenvalue weighted by Gasteiger charge is -2.22. The van der Waals surface area contributed by atoms with Crippen LogP contribution in [0.2, 0.25) is 5.02 Å². The van der Waals surface area contributed by atoms with Crippen LogP contribution in [0, 0.1) is 0 Å². The van der Waals surface area contributed by atoms with E-state index < -0.39 is 5.97 Å². The van der Waals surface area contributed by atoms with Gasteiger partial charge in [-0.25, -0.2) is 0 Å². The molecular formula is C14H18ClNO3. The van der Waals surface area contributed by atoms with Gasteiger partial charge in [0.1, 0.15) is 0 Å². The molecule has 0 saturated carbocycles. The van der Waals surface area contributed by atoms with Crippen molar-refractivity contribution in [3.05, 3.63) is 29.3 Å². The predicted octanol–water partition coefficient (Wildman–Crippen LogP) is 3.34. The first-order chi connectivity index (χ1) is 9.04. The van der Waals surface area contributed by atoms with Crippen molar-refractivity contribution in [2.24, 2.45) is 0 Å². The van der Waals surface area contributed by atoms with E-state index in [0.717, 1.165) is 12.8 Å². The highest BCUT2D eigenvalue weighted by Gasteiger charge is 2.16. The van der Waals surface area contributed by atoms with E-state index in [4.69, 9.17) is 16.7 Å². The van der Waals surface area contributed by atoms with Crippen LogP contribution in [-0.4, -0.2) is 23.5 Å². The van der Waals surface area contributed by atoms with Crippen molar-refractivity contribution < 1.29 is 14.7 Å². The molecule has 1 rings (SSSR count). The number of carboxylic acid groups (broad SMARTS) is 1. The first-order valence-corrected chi connectivity index (χ1v) is 6.70. The van der Waals surface area contributed by atoms with Crippen molar-refractivity contribution in [2.75, 3.05) is 11.4 Å². The molecule has 1 N–H and O–H groups in total. The fourth-order valence-corrected chi connectivity index (χ4v) is 1.82. The van der Waals surface area contributed by atoms with Gasteiger partial charge in [-0.2, -0.15) is 0 Å².